The van der Waals surface area contributed by atoms with Crippen molar-refractivity contribution in [2.75, 3.05) is 0 Å². The van der Waals surface area contributed by atoms with Crippen LogP contribution in [0.5, 0.6) is 0 Å². The molecule has 2 aromatic carbocycles. The molecule has 0 radical (unpaired) electrons. The molecule has 2 aliphatic carbocycles. The van der Waals surface area contributed by atoms with E-state index in [0.29, 0.717) is 0 Å². The van der Waals surface area contributed by atoms with Crippen molar-refractivity contribution in [1.82, 2.24) is 0 Å². The lowest BCUT2D eigenvalue weighted by atomic mass is 9.70. The van der Waals surface area contributed by atoms with Crippen LogP contribution in [0.1, 0.15) is 62.0 Å². The molecule has 20 heavy (non-hydrogen) atoms. The standard InChI is InChI=1S/C20H24/c1-2-7-15(8-3-1)18-11-6-12-19-17-10-5-4-9-16(17)13-14-20(18)19/h4-5,9-10,13-15,18H,1-3,6-8,11-12H2. The molecule has 2 aliphatic rings. The molecule has 0 heteroatoms. The van der Waals surface area contributed by atoms with Crippen LogP contribution in [0.4, 0.5) is 0 Å². The monoisotopic (exact) mass is 264 g/mol. The normalized spacial score (nSPS) is 23.7. The molecule has 0 spiro atoms. The molecule has 1 atom stereocenters. The Morgan fingerprint density at radius 2 is 1.60 bits per heavy atom. The Labute approximate surface area is 122 Å². The van der Waals surface area contributed by atoms with Gasteiger partial charge >= 0.3 is 0 Å². The van der Waals surface area contributed by atoms with E-state index < -0.39 is 0 Å². The summed E-state index contributed by atoms with van der Waals surface area (Å²) < 4.78 is 0. The number of fused-ring (bicyclic) bond motifs is 3. The SMILES string of the molecule is c1ccc2c3c(ccc2c1)C(C1CCCCC1)CCC3. The molecule has 0 N–H and O–H groups in total. The van der Waals surface area contributed by atoms with Crippen LogP contribution < -0.4 is 0 Å². The topological polar surface area (TPSA) is 0 Å². The second kappa shape index (κ2) is 5.24. The van der Waals surface area contributed by atoms with Crippen molar-refractivity contribution in [2.45, 2.75) is 57.3 Å². The summed E-state index contributed by atoms with van der Waals surface area (Å²) >= 11 is 0. The van der Waals surface area contributed by atoms with Crippen LogP contribution in [-0.4, -0.2) is 0 Å². The zero-order chi connectivity index (χ0) is 13.4. The van der Waals surface area contributed by atoms with Gasteiger partial charge in [-0.2, -0.15) is 0 Å². The highest BCUT2D eigenvalue weighted by atomic mass is 14.3. The van der Waals surface area contributed by atoms with Crippen molar-refractivity contribution >= 4 is 10.8 Å². The second-order valence-corrected chi connectivity index (χ2v) is 6.75. The van der Waals surface area contributed by atoms with Crippen molar-refractivity contribution in [3.8, 4) is 0 Å². The van der Waals surface area contributed by atoms with Crippen LogP contribution in [0.2, 0.25) is 0 Å². The molecule has 0 saturated heterocycles. The van der Waals surface area contributed by atoms with Crippen LogP contribution in [0, 0.1) is 5.92 Å². The van der Waals surface area contributed by atoms with Gasteiger partial charge < -0.3 is 0 Å². The van der Waals surface area contributed by atoms with Crippen LogP contribution in [-0.2, 0) is 6.42 Å². The van der Waals surface area contributed by atoms with Gasteiger partial charge in [0.1, 0.15) is 0 Å². The van der Waals surface area contributed by atoms with Crippen LogP contribution in [0.3, 0.4) is 0 Å². The van der Waals surface area contributed by atoms with E-state index in [1.807, 2.05) is 0 Å². The summed E-state index contributed by atoms with van der Waals surface area (Å²) in [6.45, 7) is 0. The van der Waals surface area contributed by atoms with E-state index in [4.69, 9.17) is 0 Å². The number of benzene rings is 2. The van der Waals surface area contributed by atoms with Crippen molar-refractivity contribution in [3.05, 3.63) is 47.5 Å². The van der Waals surface area contributed by atoms with Crippen molar-refractivity contribution < 1.29 is 0 Å². The minimum absolute atomic E-state index is 0.851. The highest BCUT2D eigenvalue weighted by molar-refractivity contribution is 5.87. The Bertz CT molecular complexity index is 604. The summed E-state index contributed by atoms with van der Waals surface area (Å²) in [5.41, 5.74) is 3.37. The van der Waals surface area contributed by atoms with E-state index in [-0.39, 0.29) is 0 Å². The Balaban J connectivity index is 1.78. The van der Waals surface area contributed by atoms with Gasteiger partial charge in [-0.15, -0.1) is 0 Å². The van der Waals surface area contributed by atoms with Gasteiger partial charge in [0.05, 0.1) is 0 Å². The molecule has 1 unspecified atom stereocenters. The smallest absolute Gasteiger partial charge is 0.0131 e. The maximum Gasteiger partial charge on any atom is -0.0131 e. The van der Waals surface area contributed by atoms with Crippen LogP contribution in [0.15, 0.2) is 36.4 Å². The van der Waals surface area contributed by atoms with Gasteiger partial charge in [0.2, 0.25) is 0 Å². The van der Waals surface area contributed by atoms with E-state index >= 15 is 0 Å². The molecule has 0 amide bonds. The average molecular weight is 264 g/mol. The molecular weight excluding hydrogens is 240 g/mol. The predicted molar refractivity (Wildman–Crippen MR) is 86.2 cm³/mol. The molecular formula is C20H24. The first-order valence-corrected chi connectivity index (χ1v) is 8.44. The van der Waals surface area contributed by atoms with Gasteiger partial charge in [-0.25, -0.2) is 0 Å². The Hall–Kier alpha value is -1.30. The third-order valence-corrected chi connectivity index (χ3v) is 5.64. The van der Waals surface area contributed by atoms with E-state index in [1.165, 1.54) is 62.1 Å². The summed E-state index contributed by atoms with van der Waals surface area (Å²) in [5.74, 6) is 1.81. The molecule has 0 aromatic heterocycles. The third-order valence-electron chi connectivity index (χ3n) is 5.64. The van der Waals surface area contributed by atoms with Gasteiger partial charge in [-0.3, -0.25) is 0 Å². The zero-order valence-corrected chi connectivity index (χ0v) is 12.3. The molecule has 0 nitrogen and oxygen atoms in total. The summed E-state index contributed by atoms with van der Waals surface area (Å²) in [7, 11) is 0. The molecule has 0 heterocycles. The maximum absolute atomic E-state index is 2.45. The first kappa shape index (κ1) is 12.4. The highest BCUT2D eigenvalue weighted by Crippen LogP contribution is 2.44. The minimum atomic E-state index is 0.851. The van der Waals surface area contributed by atoms with Gasteiger partial charge in [-0.05, 0) is 65.8 Å². The summed E-state index contributed by atoms with van der Waals surface area (Å²) in [6, 6.07) is 13.8. The lowest BCUT2D eigenvalue weighted by Gasteiger charge is -2.35. The molecule has 0 bridgehead atoms. The van der Waals surface area contributed by atoms with E-state index in [0.717, 1.165) is 11.8 Å². The Morgan fingerprint density at radius 1 is 0.750 bits per heavy atom. The van der Waals surface area contributed by atoms with E-state index in [2.05, 4.69) is 36.4 Å². The zero-order valence-electron chi connectivity index (χ0n) is 12.3. The van der Waals surface area contributed by atoms with Crippen molar-refractivity contribution in [2.24, 2.45) is 5.92 Å². The first-order valence-electron chi connectivity index (χ1n) is 8.44. The van der Waals surface area contributed by atoms with Gasteiger partial charge in [0.25, 0.3) is 0 Å². The summed E-state index contributed by atoms with van der Waals surface area (Å²) in [4.78, 5) is 0. The fourth-order valence-electron chi connectivity index (χ4n) is 4.66. The van der Waals surface area contributed by atoms with Gasteiger partial charge in [0, 0.05) is 0 Å². The first-order chi connectivity index (χ1) is 9.93. The highest BCUT2D eigenvalue weighted by Gasteiger charge is 2.29. The number of aryl methyl sites for hydroxylation is 1. The second-order valence-electron chi connectivity index (χ2n) is 6.75. The number of hydrogen-bond donors (Lipinski definition) is 0. The van der Waals surface area contributed by atoms with Crippen LogP contribution >= 0.6 is 0 Å². The predicted octanol–water partition coefficient (Wildman–Crippen LogP) is 5.84. The number of hydrogen-bond acceptors (Lipinski definition) is 0. The maximum atomic E-state index is 2.45. The molecule has 1 saturated carbocycles. The lowest BCUT2D eigenvalue weighted by Crippen LogP contribution is -2.21. The fraction of sp³-hybridized carbons (Fsp3) is 0.500. The number of rotatable bonds is 1. The molecule has 2 aromatic rings. The average Bonchev–Trinajstić information content (AvgIpc) is 2.55. The summed E-state index contributed by atoms with van der Waals surface area (Å²) in [5, 5.41) is 2.95. The van der Waals surface area contributed by atoms with E-state index in [9.17, 15) is 0 Å². The fourth-order valence-corrected chi connectivity index (χ4v) is 4.66. The Morgan fingerprint density at radius 3 is 2.50 bits per heavy atom. The summed E-state index contributed by atoms with van der Waals surface area (Å²) in [6.07, 6.45) is 11.4. The molecule has 4 rings (SSSR count). The van der Waals surface area contributed by atoms with Crippen molar-refractivity contribution in [1.29, 1.82) is 0 Å². The molecule has 1 fully saturated rings. The lowest BCUT2D eigenvalue weighted by molar-refractivity contribution is 0.284. The Kier molecular flexibility index (Phi) is 3.26. The third kappa shape index (κ3) is 2.06. The molecule has 104 valence electrons. The molecule has 0 aliphatic heterocycles. The van der Waals surface area contributed by atoms with Gasteiger partial charge in [0.15, 0.2) is 0 Å². The minimum Gasteiger partial charge on any atom is -0.0616 e. The van der Waals surface area contributed by atoms with Crippen LogP contribution in [0.25, 0.3) is 10.8 Å². The largest absolute Gasteiger partial charge is 0.0616 e. The van der Waals surface area contributed by atoms with Gasteiger partial charge in [-0.1, -0.05) is 55.7 Å². The van der Waals surface area contributed by atoms with Crippen molar-refractivity contribution in [3.63, 3.8) is 0 Å². The van der Waals surface area contributed by atoms with E-state index in [1.54, 1.807) is 11.1 Å². The quantitative estimate of drug-likeness (QED) is 0.607.